The fourth-order valence-corrected chi connectivity index (χ4v) is 2.80. The van der Waals surface area contributed by atoms with Gasteiger partial charge in [0.2, 0.25) is 0 Å². The molecule has 0 radical (unpaired) electrons. The SMILES string of the molecule is COc1ccccc1[C@H]1C[C@@H]1c1ccc(C(F)(F)F)cc1. The highest BCUT2D eigenvalue weighted by Gasteiger charge is 2.41. The molecule has 2 atom stereocenters. The lowest BCUT2D eigenvalue weighted by Crippen LogP contribution is -2.04. The van der Waals surface area contributed by atoms with Crippen molar-refractivity contribution in [3.63, 3.8) is 0 Å². The molecule has 0 aromatic heterocycles. The average Bonchev–Trinajstić information content (AvgIpc) is 3.27. The van der Waals surface area contributed by atoms with Crippen molar-refractivity contribution in [1.82, 2.24) is 0 Å². The maximum Gasteiger partial charge on any atom is 0.416 e. The summed E-state index contributed by atoms with van der Waals surface area (Å²) >= 11 is 0. The number of alkyl halides is 3. The number of benzene rings is 2. The van der Waals surface area contributed by atoms with Gasteiger partial charge in [0.15, 0.2) is 0 Å². The molecule has 1 fully saturated rings. The molecule has 0 saturated heterocycles. The lowest BCUT2D eigenvalue weighted by Gasteiger charge is -2.09. The second-order valence-corrected chi connectivity index (χ2v) is 5.31. The number of halogens is 3. The predicted octanol–water partition coefficient (Wildman–Crippen LogP) is 4.99. The van der Waals surface area contributed by atoms with Crippen molar-refractivity contribution in [3.05, 3.63) is 65.2 Å². The van der Waals surface area contributed by atoms with Gasteiger partial charge in [0.25, 0.3) is 0 Å². The summed E-state index contributed by atoms with van der Waals surface area (Å²) in [6, 6.07) is 13.3. The third kappa shape index (κ3) is 2.75. The Morgan fingerprint density at radius 1 is 0.952 bits per heavy atom. The summed E-state index contributed by atoms with van der Waals surface area (Å²) in [4.78, 5) is 0. The highest BCUT2D eigenvalue weighted by Crippen LogP contribution is 2.56. The minimum Gasteiger partial charge on any atom is -0.496 e. The summed E-state index contributed by atoms with van der Waals surface area (Å²) in [5.41, 5.74) is 1.49. The van der Waals surface area contributed by atoms with Gasteiger partial charge in [0.1, 0.15) is 5.75 Å². The molecule has 0 amide bonds. The topological polar surface area (TPSA) is 9.23 Å². The molecular formula is C17H15F3O. The molecule has 21 heavy (non-hydrogen) atoms. The molecule has 0 bridgehead atoms. The molecule has 2 aromatic rings. The molecular weight excluding hydrogens is 277 g/mol. The van der Waals surface area contributed by atoms with E-state index >= 15 is 0 Å². The Kier molecular flexibility index (Phi) is 3.40. The Balaban J connectivity index is 1.79. The van der Waals surface area contributed by atoms with Crippen LogP contribution in [0.15, 0.2) is 48.5 Å². The second-order valence-electron chi connectivity index (χ2n) is 5.31. The van der Waals surface area contributed by atoms with Crippen LogP contribution in [0.5, 0.6) is 5.75 Å². The Hall–Kier alpha value is -1.97. The number of methoxy groups -OCH3 is 1. The number of hydrogen-bond acceptors (Lipinski definition) is 1. The van der Waals surface area contributed by atoms with Crippen LogP contribution >= 0.6 is 0 Å². The summed E-state index contributed by atoms with van der Waals surface area (Å²) in [5.74, 6) is 1.46. The summed E-state index contributed by atoms with van der Waals surface area (Å²) in [7, 11) is 1.63. The van der Waals surface area contributed by atoms with Crippen molar-refractivity contribution >= 4 is 0 Å². The Bertz CT molecular complexity index is 631. The molecule has 1 nitrogen and oxygen atoms in total. The number of rotatable bonds is 3. The Morgan fingerprint density at radius 3 is 2.24 bits per heavy atom. The van der Waals surface area contributed by atoms with Crippen molar-refractivity contribution < 1.29 is 17.9 Å². The Morgan fingerprint density at radius 2 is 1.62 bits per heavy atom. The molecule has 1 saturated carbocycles. The van der Waals surface area contributed by atoms with E-state index in [0.717, 1.165) is 35.4 Å². The second kappa shape index (κ2) is 5.10. The van der Waals surface area contributed by atoms with Crippen molar-refractivity contribution in [2.45, 2.75) is 24.4 Å². The highest BCUT2D eigenvalue weighted by molar-refractivity contribution is 5.44. The fraction of sp³-hybridized carbons (Fsp3) is 0.294. The zero-order chi connectivity index (χ0) is 15.0. The smallest absolute Gasteiger partial charge is 0.416 e. The third-order valence-electron chi connectivity index (χ3n) is 3.99. The maximum atomic E-state index is 12.6. The van der Waals surface area contributed by atoms with Crippen LogP contribution in [-0.4, -0.2) is 7.11 Å². The van der Waals surface area contributed by atoms with Crippen LogP contribution in [0.3, 0.4) is 0 Å². The van der Waals surface area contributed by atoms with Gasteiger partial charge >= 0.3 is 6.18 Å². The molecule has 2 aromatic carbocycles. The van der Waals surface area contributed by atoms with E-state index in [4.69, 9.17) is 4.74 Å². The van der Waals surface area contributed by atoms with Crippen molar-refractivity contribution in [2.75, 3.05) is 7.11 Å². The van der Waals surface area contributed by atoms with E-state index in [1.54, 1.807) is 19.2 Å². The highest BCUT2D eigenvalue weighted by atomic mass is 19.4. The average molecular weight is 292 g/mol. The Labute approximate surface area is 121 Å². The summed E-state index contributed by atoms with van der Waals surface area (Å²) < 4.78 is 43.0. The summed E-state index contributed by atoms with van der Waals surface area (Å²) in [6.07, 6.45) is -3.32. The molecule has 4 heteroatoms. The van der Waals surface area contributed by atoms with Crippen LogP contribution in [0.25, 0.3) is 0 Å². The summed E-state index contributed by atoms with van der Waals surface area (Å²) in [5, 5.41) is 0. The minimum atomic E-state index is -4.27. The lowest BCUT2D eigenvalue weighted by molar-refractivity contribution is -0.137. The van der Waals surface area contributed by atoms with Gasteiger partial charge in [0, 0.05) is 0 Å². The van der Waals surface area contributed by atoms with Crippen LogP contribution < -0.4 is 4.74 Å². The predicted molar refractivity (Wildman–Crippen MR) is 74.5 cm³/mol. The first kappa shape index (κ1) is 14.0. The van der Waals surface area contributed by atoms with E-state index in [2.05, 4.69) is 0 Å². The molecule has 1 aliphatic carbocycles. The normalized spacial score (nSPS) is 21.1. The standard InChI is InChI=1S/C17H15F3O/c1-21-16-5-3-2-4-13(16)15-10-14(15)11-6-8-12(9-7-11)17(18,19)20/h2-9,14-15H,10H2,1H3/t14-,15-/m1/s1. The van der Waals surface area contributed by atoms with E-state index < -0.39 is 11.7 Å². The largest absolute Gasteiger partial charge is 0.496 e. The van der Waals surface area contributed by atoms with Crippen LogP contribution in [0.4, 0.5) is 13.2 Å². The van der Waals surface area contributed by atoms with Gasteiger partial charge in [-0.3, -0.25) is 0 Å². The van der Waals surface area contributed by atoms with Gasteiger partial charge in [-0.2, -0.15) is 13.2 Å². The summed E-state index contributed by atoms with van der Waals surface area (Å²) in [6.45, 7) is 0. The first-order valence-corrected chi connectivity index (χ1v) is 6.81. The first-order valence-electron chi connectivity index (χ1n) is 6.81. The zero-order valence-electron chi connectivity index (χ0n) is 11.5. The van der Waals surface area contributed by atoms with E-state index in [-0.39, 0.29) is 5.92 Å². The van der Waals surface area contributed by atoms with E-state index in [0.29, 0.717) is 5.92 Å². The van der Waals surface area contributed by atoms with Crippen LogP contribution in [0, 0.1) is 0 Å². The molecule has 1 aliphatic rings. The van der Waals surface area contributed by atoms with Crippen LogP contribution in [-0.2, 0) is 6.18 Å². The van der Waals surface area contributed by atoms with Gasteiger partial charge in [-0.15, -0.1) is 0 Å². The van der Waals surface area contributed by atoms with Gasteiger partial charge in [-0.1, -0.05) is 30.3 Å². The maximum absolute atomic E-state index is 12.6. The van der Waals surface area contributed by atoms with Gasteiger partial charge in [-0.05, 0) is 47.6 Å². The number of hydrogen-bond donors (Lipinski definition) is 0. The molecule has 0 N–H and O–H groups in total. The van der Waals surface area contributed by atoms with E-state index in [1.165, 1.54) is 0 Å². The monoisotopic (exact) mass is 292 g/mol. The van der Waals surface area contributed by atoms with Gasteiger partial charge in [-0.25, -0.2) is 0 Å². The molecule has 0 spiro atoms. The minimum absolute atomic E-state index is 0.281. The van der Waals surface area contributed by atoms with E-state index in [9.17, 15) is 13.2 Å². The number of ether oxygens (including phenoxy) is 1. The molecule has 0 aliphatic heterocycles. The van der Waals surface area contributed by atoms with Crippen LogP contribution in [0.2, 0.25) is 0 Å². The third-order valence-corrected chi connectivity index (χ3v) is 3.99. The lowest BCUT2D eigenvalue weighted by atomic mass is 10.0. The van der Waals surface area contributed by atoms with Gasteiger partial charge < -0.3 is 4.74 Å². The van der Waals surface area contributed by atoms with Crippen molar-refractivity contribution in [1.29, 1.82) is 0 Å². The molecule has 0 unspecified atom stereocenters. The first-order chi connectivity index (χ1) is 10.0. The molecule has 0 heterocycles. The quantitative estimate of drug-likeness (QED) is 0.774. The zero-order valence-corrected chi connectivity index (χ0v) is 11.5. The molecule has 110 valence electrons. The number of para-hydroxylation sites is 1. The molecule has 3 rings (SSSR count). The van der Waals surface area contributed by atoms with Crippen molar-refractivity contribution in [3.8, 4) is 5.75 Å². The van der Waals surface area contributed by atoms with E-state index in [1.807, 2.05) is 24.3 Å². The van der Waals surface area contributed by atoms with Gasteiger partial charge in [0.05, 0.1) is 12.7 Å². The van der Waals surface area contributed by atoms with Crippen LogP contribution in [0.1, 0.15) is 34.9 Å². The van der Waals surface area contributed by atoms with Crippen molar-refractivity contribution in [2.24, 2.45) is 0 Å². The fourth-order valence-electron chi connectivity index (χ4n) is 2.80.